The van der Waals surface area contributed by atoms with Crippen LogP contribution in [-0.2, 0) is 7.05 Å². The fourth-order valence-electron chi connectivity index (χ4n) is 3.02. The third-order valence-electron chi connectivity index (χ3n) is 4.23. The van der Waals surface area contributed by atoms with Crippen LogP contribution in [0.25, 0.3) is 11.5 Å². The molecule has 3 heterocycles. The summed E-state index contributed by atoms with van der Waals surface area (Å²) in [5, 5.41) is 11.8. The van der Waals surface area contributed by atoms with Crippen LogP contribution in [0.2, 0.25) is 0 Å². The van der Waals surface area contributed by atoms with Crippen molar-refractivity contribution in [1.82, 2.24) is 24.9 Å². The van der Waals surface area contributed by atoms with Crippen LogP contribution in [0.4, 0.5) is 8.78 Å². The van der Waals surface area contributed by atoms with E-state index in [-0.39, 0.29) is 17.3 Å². The van der Waals surface area contributed by atoms with Crippen LogP contribution < -0.4 is 0 Å². The summed E-state index contributed by atoms with van der Waals surface area (Å²) in [5.74, 6) is -3.34. The molecule has 1 aliphatic heterocycles. The van der Waals surface area contributed by atoms with Gasteiger partial charge in [-0.1, -0.05) is 18.2 Å². The van der Waals surface area contributed by atoms with Crippen molar-refractivity contribution in [2.24, 2.45) is 7.05 Å². The second-order valence-corrected chi connectivity index (χ2v) is 6.22. The standard InChI is InChI=1S/C17H15F2N5O2/c1-23-9-12(8-20-23)16(25)24-10-17(18,19)7-13(24)15-22-21-14(26-15)11-5-3-2-4-6-11/h2-6,8-9,13H,7,10H2,1H3/t13-/m0/s1. The summed E-state index contributed by atoms with van der Waals surface area (Å²) >= 11 is 0. The Morgan fingerprint density at radius 3 is 2.73 bits per heavy atom. The largest absolute Gasteiger partial charge is 0.418 e. The lowest BCUT2D eigenvalue weighted by molar-refractivity contribution is 0.0117. The van der Waals surface area contributed by atoms with Gasteiger partial charge in [-0.3, -0.25) is 9.48 Å². The van der Waals surface area contributed by atoms with E-state index in [4.69, 9.17) is 4.42 Å². The van der Waals surface area contributed by atoms with Crippen LogP contribution in [0.15, 0.2) is 47.1 Å². The minimum absolute atomic E-state index is 0.00160. The molecule has 0 saturated carbocycles. The van der Waals surface area contributed by atoms with Gasteiger partial charge in [0.25, 0.3) is 11.8 Å². The number of hydrogen-bond donors (Lipinski definition) is 0. The number of halogens is 2. The van der Waals surface area contributed by atoms with Crippen LogP contribution >= 0.6 is 0 Å². The number of aryl methyl sites for hydroxylation is 1. The molecule has 4 rings (SSSR count). The van der Waals surface area contributed by atoms with Gasteiger partial charge < -0.3 is 9.32 Å². The molecular weight excluding hydrogens is 344 g/mol. The quantitative estimate of drug-likeness (QED) is 0.719. The zero-order valence-electron chi connectivity index (χ0n) is 13.8. The van der Waals surface area contributed by atoms with Crippen molar-refractivity contribution in [2.75, 3.05) is 6.54 Å². The summed E-state index contributed by atoms with van der Waals surface area (Å²) in [6, 6.07) is 8.02. The van der Waals surface area contributed by atoms with Gasteiger partial charge in [0.05, 0.1) is 18.3 Å². The first-order chi connectivity index (χ1) is 12.4. The highest BCUT2D eigenvalue weighted by Gasteiger charge is 2.50. The number of amides is 1. The molecule has 9 heteroatoms. The Balaban J connectivity index is 1.65. The van der Waals surface area contributed by atoms with E-state index in [9.17, 15) is 13.6 Å². The average Bonchev–Trinajstić information content (AvgIpc) is 3.33. The van der Waals surface area contributed by atoms with Crippen LogP contribution in [0.1, 0.15) is 28.7 Å². The molecule has 1 fully saturated rings. The Bertz CT molecular complexity index is 938. The summed E-state index contributed by atoms with van der Waals surface area (Å²) in [5.41, 5.74) is 0.916. The van der Waals surface area contributed by atoms with E-state index in [0.29, 0.717) is 5.56 Å². The smallest absolute Gasteiger partial charge is 0.267 e. The molecule has 0 aliphatic carbocycles. The number of aromatic nitrogens is 4. The molecule has 7 nitrogen and oxygen atoms in total. The van der Waals surface area contributed by atoms with Crippen LogP contribution in [-0.4, -0.2) is 43.3 Å². The molecule has 26 heavy (non-hydrogen) atoms. The first-order valence-corrected chi connectivity index (χ1v) is 7.99. The van der Waals surface area contributed by atoms with E-state index in [1.54, 1.807) is 31.3 Å². The number of likely N-dealkylation sites (tertiary alicyclic amines) is 1. The van der Waals surface area contributed by atoms with E-state index < -0.39 is 30.8 Å². The molecule has 0 N–H and O–H groups in total. The molecule has 3 aromatic rings. The van der Waals surface area contributed by atoms with Crippen molar-refractivity contribution in [1.29, 1.82) is 0 Å². The van der Waals surface area contributed by atoms with Gasteiger partial charge in [-0.15, -0.1) is 10.2 Å². The number of carbonyl (C=O) groups excluding carboxylic acids is 1. The van der Waals surface area contributed by atoms with Gasteiger partial charge in [0.2, 0.25) is 11.8 Å². The van der Waals surface area contributed by atoms with Gasteiger partial charge in [-0.25, -0.2) is 8.78 Å². The van der Waals surface area contributed by atoms with Gasteiger partial charge in [0.1, 0.15) is 6.04 Å². The summed E-state index contributed by atoms with van der Waals surface area (Å²) in [7, 11) is 1.65. The Morgan fingerprint density at radius 2 is 2.04 bits per heavy atom. The Labute approximate surface area is 147 Å². The van der Waals surface area contributed by atoms with Gasteiger partial charge in [-0.05, 0) is 12.1 Å². The molecule has 1 aliphatic rings. The highest BCUT2D eigenvalue weighted by molar-refractivity contribution is 5.94. The molecular formula is C17H15F2N5O2. The predicted octanol–water partition coefficient (Wildman–Crippen LogP) is 2.69. The van der Waals surface area contributed by atoms with Crippen LogP contribution in [0.3, 0.4) is 0 Å². The Hall–Kier alpha value is -3.10. The second kappa shape index (κ2) is 6.01. The second-order valence-electron chi connectivity index (χ2n) is 6.22. The van der Waals surface area contributed by atoms with Crippen LogP contribution in [0, 0.1) is 0 Å². The topological polar surface area (TPSA) is 77.0 Å². The summed E-state index contributed by atoms with van der Waals surface area (Å²) in [6.07, 6.45) is 2.27. The van der Waals surface area contributed by atoms with E-state index >= 15 is 0 Å². The van der Waals surface area contributed by atoms with Crippen molar-refractivity contribution in [3.8, 4) is 11.5 Å². The lowest BCUT2D eigenvalue weighted by Gasteiger charge is -2.20. The molecule has 1 saturated heterocycles. The van der Waals surface area contributed by atoms with Crippen molar-refractivity contribution in [3.05, 3.63) is 54.2 Å². The normalized spacial score (nSPS) is 19.0. The molecule has 134 valence electrons. The maximum Gasteiger partial charge on any atom is 0.267 e. The SMILES string of the molecule is Cn1cc(C(=O)N2CC(F)(F)C[C@H]2c2nnc(-c3ccccc3)o2)cn1. The summed E-state index contributed by atoms with van der Waals surface area (Å²) in [4.78, 5) is 13.7. The lowest BCUT2D eigenvalue weighted by atomic mass is 10.2. The predicted molar refractivity (Wildman–Crippen MR) is 86.3 cm³/mol. The average molecular weight is 359 g/mol. The van der Waals surface area contributed by atoms with Gasteiger partial charge >= 0.3 is 0 Å². The van der Waals surface area contributed by atoms with E-state index in [0.717, 1.165) is 4.90 Å². The highest BCUT2D eigenvalue weighted by Crippen LogP contribution is 2.41. The summed E-state index contributed by atoms with van der Waals surface area (Å²) < 4.78 is 35.1. The van der Waals surface area contributed by atoms with Gasteiger partial charge in [0, 0.05) is 25.2 Å². The van der Waals surface area contributed by atoms with Gasteiger partial charge in [-0.2, -0.15) is 5.10 Å². The number of nitrogens with zero attached hydrogens (tertiary/aromatic N) is 5. The molecule has 0 radical (unpaired) electrons. The fraction of sp³-hybridized carbons (Fsp3) is 0.294. The molecule has 0 unspecified atom stereocenters. The van der Waals surface area contributed by atoms with Crippen molar-refractivity contribution in [3.63, 3.8) is 0 Å². The Kier molecular flexibility index (Phi) is 3.78. The summed E-state index contributed by atoms with van der Waals surface area (Å²) in [6.45, 7) is -0.700. The Morgan fingerprint density at radius 1 is 1.27 bits per heavy atom. The number of hydrogen-bond acceptors (Lipinski definition) is 5. The van der Waals surface area contributed by atoms with Crippen molar-refractivity contribution in [2.45, 2.75) is 18.4 Å². The first-order valence-electron chi connectivity index (χ1n) is 7.99. The molecule has 1 amide bonds. The maximum absolute atomic E-state index is 14.0. The van der Waals surface area contributed by atoms with E-state index in [1.165, 1.54) is 17.1 Å². The monoisotopic (exact) mass is 359 g/mol. The van der Waals surface area contributed by atoms with E-state index in [1.807, 2.05) is 6.07 Å². The number of benzene rings is 1. The third-order valence-corrected chi connectivity index (χ3v) is 4.23. The highest BCUT2D eigenvalue weighted by atomic mass is 19.3. The zero-order valence-corrected chi connectivity index (χ0v) is 13.8. The zero-order chi connectivity index (χ0) is 18.3. The maximum atomic E-state index is 14.0. The minimum atomic E-state index is -3.02. The first kappa shape index (κ1) is 16.4. The minimum Gasteiger partial charge on any atom is -0.418 e. The molecule has 2 aromatic heterocycles. The lowest BCUT2D eigenvalue weighted by Crippen LogP contribution is -2.33. The molecule has 0 spiro atoms. The number of alkyl halides is 2. The molecule has 1 atom stereocenters. The van der Waals surface area contributed by atoms with E-state index in [2.05, 4.69) is 15.3 Å². The van der Waals surface area contributed by atoms with Gasteiger partial charge in [0.15, 0.2) is 0 Å². The molecule has 0 bridgehead atoms. The number of rotatable bonds is 3. The van der Waals surface area contributed by atoms with Crippen molar-refractivity contribution < 1.29 is 18.0 Å². The van der Waals surface area contributed by atoms with Crippen molar-refractivity contribution >= 4 is 5.91 Å². The number of carbonyl (C=O) groups is 1. The molecule has 1 aromatic carbocycles. The third kappa shape index (κ3) is 2.96. The van der Waals surface area contributed by atoms with Crippen LogP contribution in [0.5, 0.6) is 0 Å². The fourth-order valence-corrected chi connectivity index (χ4v) is 3.02.